The zero-order valence-electron chi connectivity index (χ0n) is 23.0. The minimum absolute atomic E-state index is 0.132. The monoisotopic (exact) mass is 529 g/mol. The molecule has 1 aliphatic rings. The fraction of sp³-hybridized carbons (Fsp3) is 0.367. The number of imidazole rings is 1. The molecule has 0 bridgehead atoms. The molecule has 1 aliphatic carbocycles. The zero-order chi connectivity index (χ0) is 27.6. The van der Waals surface area contributed by atoms with E-state index in [9.17, 15) is 9.18 Å². The lowest BCUT2D eigenvalue weighted by molar-refractivity contribution is 0.251. The molecular formula is C30H36FN7O. The predicted octanol–water partition coefficient (Wildman–Crippen LogP) is 6.68. The minimum atomic E-state index is -0.408. The van der Waals surface area contributed by atoms with Crippen molar-refractivity contribution >= 4 is 23.4 Å². The van der Waals surface area contributed by atoms with Crippen molar-refractivity contribution in [2.75, 3.05) is 10.6 Å². The quantitative estimate of drug-likeness (QED) is 0.238. The average Bonchev–Trinajstić information content (AvgIpc) is 3.49. The molecule has 0 saturated heterocycles. The largest absolute Gasteiger partial charge is 0.340 e. The van der Waals surface area contributed by atoms with E-state index in [1.54, 1.807) is 16.9 Å². The molecule has 204 valence electrons. The van der Waals surface area contributed by atoms with Crippen molar-refractivity contribution in [3.05, 3.63) is 83.7 Å². The highest BCUT2D eigenvalue weighted by Crippen LogP contribution is 2.30. The molecule has 39 heavy (non-hydrogen) atoms. The van der Waals surface area contributed by atoms with E-state index in [1.807, 2.05) is 43.6 Å². The van der Waals surface area contributed by atoms with Gasteiger partial charge in [0.2, 0.25) is 0 Å². The highest BCUT2D eigenvalue weighted by atomic mass is 19.1. The average molecular weight is 530 g/mol. The highest BCUT2D eigenvalue weighted by molar-refractivity contribution is 5.89. The van der Waals surface area contributed by atoms with Gasteiger partial charge >= 0.3 is 6.03 Å². The van der Waals surface area contributed by atoms with Gasteiger partial charge in [-0.2, -0.15) is 5.10 Å². The summed E-state index contributed by atoms with van der Waals surface area (Å²) in [5.74, 6) is 1.70. The highest BCUT2D eigenvalue weighted by Gasteiger charge is 2.22. The van der Waals surface area contributed by atoms with Crippen LogP contribution in [0.1, 0.15) is 56.9 Å². The molecule has 0 aliphatic heterocycles. The van der Waals surface area contributed by atoms with E-state index >= 15 is 0 Å². The molecule has 2 amide bonds. The number of rotatable bonds is 8. The third-order valence-corrected chi connectivity index (χ3v) is 7.16. The van der Waals surface area contributed by atoms with Crippen LogP contribution in [-0.2, 0) is 18.5 Å². The summed E-state index contributed by atoms with van der Waals surface area (Å²) in [4.78, 5) is 17.3. The normalized spacial score (nSPS) is 13.7. The Hall–Kier alpha value is -4.14. The van der Waals surface area contributed by atoms with Gasteiger partial charge in [0, 0.05) is 30.3 Å². The van der Waals surface area contributed by atoms with Gasteiger partial charge in [0.25, 0.3) is 0 Å². The van der Waals surface area contributed by atoms with Crippen LogP contribution in [0.4, 0.5) is 26.5 Å². The number of hydrogen-bond donors (Lipinski definition) is 3. The van der Waals surface area contributed by atoms with Gasteiger partial charge in [0.05, 0.1) is 23.9 Å². The number of urea groups is 1. The molecule has 8 nitrogen and oxygen atoms in total. The van der Waals surface area contributed by atoms with Gasteiger partial charge in [-0.25, -0.2) is 18.9 Å². The Morgan fingerprint density at radius 3 is 2.54 bits per heavy atom. The molecule has 0 unspecified atom stereocenters. The van der Waals surface area contributed by atoms with Crippen molar-refractivity contribution in [1.82, 2.24) is 24.6 Å². The summed E-state index contributed by atoms with van der Waals surface area (Å²) in [6.07, 6.45) is 7.34. The van der Waals surface area contributed by atoms with Crippen molar-refractivity contribution in [3.63, 3.8) is 0 Å². The summed E-state index contributed by atoms with van der Waals surface area (Å²) in [5, 5.41) is 14.0. The number of nitrogens with one attached hydrogen (secondary N) is 3. The molecule has 1 saturated carbocycles. The van der Waals surface area contributed by atoms with Crippen LogP contribution >= 0.6 is 0 Å². The fourth-order valence-corrected chi connectivity index (χ4v) is 4.55. The number of carbonyl (C=O) groups excluding carboxylic acids is 1. The summed E-state index contributed by atoms with van der Waals surface area (Å²) in [7, 11) is 0. The second-order valence-corrected chi connectivity index (χ2v) is 11.4. The second kappa shape index (κ2) is 10.9. The molecule has 5 rings (SSSR count). The van der Waals surface area contributed by atoms with Crippen LogP contribution in [-0.4, -0.2) is 25.4 Å². The molecule has 0 spiro atoms. The number of aryl methyl sites for hydroxylation is 1. The number of halogens is 1. The lowest BCUT2D eigenvalue weighted by Gasteiger charge is -2.26. The number of carbonyl (C=O) groups is 1. The van der Waals surface area contributed by atoms with E-state index in [1.165, 1.54) is 31.4 Å². The Kier molecular flexibility index (Phi) is 7.41. The predicted molar refractivity (Wildman–Crippen MR) is 152 cm³/mol. The maximum absolute atomic E-state index is 14.2. The molecule has 2 aromatic carbocycles. The second-order valence-electron chi connectivity index (χ2n) is 11.4. The lowest BCUT2D eigenvalue weighted by Crippen LogP contribution is -2.29. The van der Waals surface area contributed by atoms with Gasteiger partial charge < -0.3 is 15.2 Å². The molecular weight excluding hydrogens is 493 g/mol. The molecule has 2 heterocycles. The lowest BCUT2D eigenvalue weighted by atomic mass is 9.85. The summed E-state index contributed by atoms with van der Waals surface area (Å²) >= 11 is 0. The van der Waals surface area contributed by atoms with Gasteiger partial charge in [0.15, 0.2) is 0 Å². The van der Waals surface area contributed by atoms with Crippen LogP contribution < -0.4 is 16.0 Å². The Labute approximate surface area is 228 Å². The molecule has 9 heteroatoms. The topological polar surface area (TPSA) is 88.8 Å². The third kappa shape index (κ3) is 6.30. The summed E-state index contributed by atoms with van der Waals surface area (Å²) in [6.45, 7) is 9.30. The van der Waals surface area contributed by atoms with Gasteiger partial charge in [-0.3, -0.25) is 5.32 Å². The van der Waals surface area contributed by atoms with Crippen molar-refractivity contribution in [1.29, 1.82) is 0 Å². The van der Waals surface area contributed by atoms with Crippen molar-refractivity contribution in [3.8, 4) is 5.69 Å². The fourth-order valence-electron chi connectivity index (χ4n) is 4.55. The van der Waals surface area contributed by atoms with Crippen LogP contribution in [0.25, 0.3) is 5.69 Å². The summed E-state index contributed by atoms with van der Waals surface area (Å²) in [5.41, 5.74) is 3.99. The van der Waals surface area contributed by atoms with E-state index < -0.39 is 6.03 Å². The number of aromatic nitrogens is 4. The molecule has 2 aromatic heterocycles. The maximum atomic E-state index is 14.2. The Bertz CT molecular complexity index is 1440. The third-order valence-electron chi connectivity index (χ3n) is 7.16. The first-order valence-corrected chi connectivity index (χ1v) is 13.4. The van der Waals surface area contributed by atoms with Crippen LogP contribution in [0.5, 0.6) is 0 Å². The van der Waals surface area contributed by atoms with Gasteiger partial charge in [0.1, 0.15) is 17.5 Å². The molecule has 1 fully saturated rings. The van der Waals surface area contributed by atoms with E-state index in [2.05, 4.69) is 46.3 Å². The Morgan fingerprint density at radius 1 is 1.08 bits per heavy atom. The van der Waals surface area contributed by atoms with Crippen molar-refractivity contribution in [2.24, 2.45) is 5.92 Å². The van der Waals surface area contributed by atoms with Crippen LogP contribution in [0.2, 0.25) is 0 Å². The minimum Gasteiger partial charge on any atom is -0.340 e. The van der Waals surface area contributed by atoms with Crippen LogP contribution in [0.15, 0.2) is 61.1 Å². The van der Waals surface area contributed by atoms with Crippen LogP contribution in [0, 0.1) is 18.7 Å². The molecule has 0 radical (unpaired) electrons. The first-order valence-electron chi connectivity index (χ1n) is 13.4. The van der Waals surface area contributed by atoms with E-state index in [-0.39, 0.29) is 17.8 Å². The van der Waals surface area contributed by atoms with Gasteiger partial charge in [-0.15, -0.1) is 0 Å². The zero-order valence-corrected chi connectivity index (χ0v) is 23.0. The number of anilines is 3. The number of benzene rings is 2. The van der Waals surface area contributed by atoms with E-state index in [0.29, 0.717) is 23.0 Å². The van der Waals surface area contributed by atoms with Gasteiger partial charge in [-0.05, 0) is 61.6 Å². The van der Waals surface area contributed by atoms with Crippen molar-refractivity contribution < 1.29 is 9.18 Å². The molecule has 3 N–H and O–H groups in total. The smallest absolute Gasteiger partial charge is 0.320 e. The number of amides is 2. The summed E-state index contributed by atoms with van der Waals surface area (Å²) in [6, 6.07) is 14.0. The first kappa shape index (κ1) is 26.5. The van der Waals surface area contributed by atoms with Gasteiger partial charge in [-0.1, -0.05) is 44.9 Å². The Morgan fingerprint density at radius 2 is 1.85 bits per heavy atom. The van der Waals surface area contributed by atoms with Crippen molar-refractivity contribution in [2.45, 2.75) is 65.5 Å². The maximum Gasteiger partial charge on any atom is 0.320 e. The standard InChI is InChI=1S/C30H36FN7O/c1-20-8-11-24(12-9-20)38-27(15-26(36-38)30(2,3)4)35-29(39)33-16-22-14-23(31)10-13-25(22)34-28-17-32-19-37(28)18-21-6-5-7-21/h8-15,17,19,21,34H,5-7,16,18H2,1-4H3,(H2,33,35,39). The van der Waals surface area contributed by atoms with E-state index in [4.69, 9.17) is 5.10 Å². The Balaban J connectivity index is 1.30. The first-order chi connectivity index (χ1) is 18.7. The number of hydrogen-bond acceptors (Lipinski definition) is 4. The summed E-state index contributed by atoms with van der Waals surface area (Å²) < 4.78 is 18.0. The molecule has 4 aromatic rings. The molecule has 0 atom stereocenters. The van der Waals surface area contributed by atoms with Crippen LogP contribution in [0.3, 0.4) is 0 Å². The van der Waals surface area contributed by atoms with E-state index in [0.717, 1.165) is 29.3 Å². The SMILES string of the molecule is Cc1ccc(-n2nc(C(C)(C)C)cc2NC(=O)NCc2cc(F)ccc2Nc2cncn2CC2CCC2)cc1. The number of nitrogens with zero attached hydrogens (tertiary/aromatic N) is 4.